The highest BCUT2D eigenvalue weighted by Crippen LogP contribution is 2.31. The van der Waals surface area contributed by atoms with Crippen LogP contribution in [-0.2, 0) is 11.3 Å². The van der Waals surface area contributed by atoms with Crippen molar-refractivity contribution < 1.29 is 19.4 Å². The number of nitrogens with zero attached hydrogens (tertiary/aromatic N) is 5. The number of amides is 1. The third kappa shape index (κ3) is 6.89. The Balaban J connectivity index is 1.34. The number of aliphatic hydroxyl groups is 1. The molecule has 1 aliphatic rings. The molecule has 3 aromatic carbocycles. The number of pyridine rings is 1. The topological polar surface area (TPSA) is 105 Å². The Kier molecular flexibility index (Phi) is 9.30. The van der Waals surface area contributed by atoms with Gasteiger partial charge in [-0.2, -0.15) is 5.10 Å². The van der Waals surface area contributed by atoms with Gasteiger partial charge in [-0.3, -0.25) is 9.69 Å². The third-order valence-corrected chi connectivity index (χ3v) is 8.36. The first-order valence-electron chi connectivity index (χ1n) is 15.5. The summed E-state index contributed by atoms with van der Waals surface area (Å²) in [6.07, 6.45) is -0.781. The normalized spacial score (nSPS) is 14.3. The number of nitrogens with one attached hydrogen (secondary N) is 1. The van der Waals surface area contributed by atoms with Crippen LogP contribution in [0.3, 0.4) is 0 Å². The van der Waals surface area contributed by atoms with Crippen LogP contribution in [0.4, 0.5) is 11.4 Å². The van der Waals surface area contributed by atoms with Gasteiger partial charge in [-0.25, -0.2) is 9.67 Å². The van der Waals surface area contributed by atoms with Crippen molar-refractivity contribution in [1.29, 1.82) is 0 Å². The van der Waals surface area contributed by atoms with Gasteiger partial charge in [0.2, 0.25) is 0 Å². The molecule has 0 saturated carbocycles. The molecule has 0 spiro atoms. The molecule has 1 aliphatic heterocycles. The Hall–Kier alpha value is -4.77. The summed E-state index contributed by atoms with van der Waals surface area (Å²) in [6, 6.07) is 25.2. The number of hydrogen-bond acceptors (Lipinski definition) is 8. The van der Waals surface area contributed by atoms with E-state index in [1.807, 2.05) is 109 Å². The summed E-state index contributed by atoms with van der Waals surface area (Å²) in [4.78, 5) is 22.4. The minimum atomic E-state index is -0.781. The molecule has 1 unspecified atom stereocenters. The van der Waals surface area contributed by atoms with E-state index in [1.165, 1.54) is 0 Å². The van der Waals surface area contributed by atoms with Crippen LogP contribution in [0.2, 0.25) is 0 Å². The molecule has 0 radical (unpaired) electrons. The van der Waals surface area contributed by atoms with Crippen molar-refractivity contribution in [3.63, 3.8) is 0 Å². The lowest BCUT2D eigenvalue weighted by atomic mass is 10.0. The summed E-state index contributed by atoms with van der Waals surface area (Å²) < 4.78 is 12.7. The fraction of sp³-hybridized carbons (Fsp3) is 0.306. The molecule has 0 aliphatic carbocycles. The van der Waals surface area contributed by atoms with Gasteiger partial charge in [0.15, 0.2) is 5.65 Å². The second kappa shape index (κ2) is 13.7. The van der Waals surface area contributed by atoms with Crippen LogP contribution >= 0.6 is 0 Å². The van der Waals surface area contributed by atoms with Crippen LogP contribution in [0.5, 0.6) is 5.75 Å². The molecule has 1 saturated heterocycles. The molecule has 0 bridgehead atoms. The minimum absolute atomic E-state index is 0.182. The van der Waals surface area contributed by atoms with Crippen molar-refractivity contribution in [2.24, 2.45) is 0 Å². The molecule has 5 aromatic rings. The van der Waals surface area contributed by atoms with E-state index in [9.17, 15) is 9.90 Å². The summed E-state index contributed by atoms with van der Waals surface area (Å²) in [5.74, 6) is 0.599. The maximum absolute atomic E-state index is 13.2. The number of aliphatic hydroxyl groups excluding tert-OH is 1. The number of benzene rings is 3. The second-order valence-corrected chi connectivity index (χ2v) is 11.8. The van der Waals surface area contributed by atoms with Crippen LogP contribution in [0.1, 0.15) is 33.3 Å². The molecule has 1 atom stereocenters. The van der Waals surface area contributed by atoms with E-state index in [4.69, 9.17) is 19.6 Å². The lowest BCUT2D eigenvalue weighted by Gasteiger charge is -2.28. The van der Waals surface area contributed by atoms with E-state index in [1.54, 1.807) is 7.11 Å². The minimum Gasteiger partial charge on any atom is -0.497 e. The molecular formula is C36H40N6O4. The number of methoxy groups -OCH3 is 1. The molecule has 10 nitrogen and oxygen atoms in total. The standard InChI is InChI=1S/C36H40N6O4/c1-24-8-11-27(37-36(44)26-6-5-7-28(20-26)40(2)3)21-31(24)32-15-14-30-34(33(43)23-41-16-18-46-19-17-41)39-42(35(30)38-32)22-25-9-12-29(45-4)13-10-25/h5-15,20-21,33,43H,16-19,22-23H2,1-4H3,(H,37,44). The maximum atomic E-state index is 13.2. The number of ether oxygens (including phenoxy) is 2. The first-order chi connectivity index (χ1) is 22.3. The second-order valence-electron chi connectivity index (χ2n) is 11.8. The molecule has 46 heavy (non-hydrogen) atoms. The number of β-amino-alcohol motifs (C(OH)–C–C–N with tert-alkyl or cyclic N) is 1. The zero-order valence-electron chi connectivity index (χ0n) is 26.7. The first kappa shape index (κ1) is 31.2. The Bertz CT molecular complexity index is 1830. The summed E-state index contributed by atoms with van der Waals surface area (Å²) in [5.41, 5.74) is 7.20. The maximum Gasteiger partial charge on any atom is 0.255 e. The van der Waals surface area contributed by atoms with Gasteiger partial charge in [0.1, 0.15) is 17.5 Å². The molecule has 1 fully saturated rings. The Morgan fingerprint density at radius 3 is 2.57 bits per heavy atom. The van der Waals surface area contributed by atoms with E-state index in [2.05, 4.69) is 10.2 Å². The quantitative estimate of drug-likeness (QED) is 0.221. The fourth-order valence-electron chi connectivity index (χ4n) is 5.71. The van der Waals surface area contributed by atoms with Crippen molar-refractivity contribution in [2.45, 2.75) is 19.6 Å². The third-order valence-electron chi connectivity index (χ3n) is 8.36. The summed E-state index contributed by atoms with van der Waals surface area (Å²) in [5, 5.41) is 20.1. The highest BCUT2D eigenvalue weighted by Gasteiger charge is 2.23. The average molecular weight is 621 g/mol. The number of anilines is 2. The van der Waals surface area contributed by atoms with Crippen LogP contribution in [0.25, 0.3) is 22.3 Å². The van der Waals surface area contributed by atoms with Gasteiger partial charge in [-0.05, 0) is 72.6 Å². The van der Waals surface area contributed by atoms with E-state index < -0.39 is 6.10 Å². The van der Waals surface area contributed by atoms with Crippen molar-refractivity contribution in [3.05, 3.63) is 101 Å². The van der Waals surface area contributed by atoms with Gasteiger partial charge in [-0.1, -0.05) is 24.3 Å². The molecule has 2 N–H and O–H groups in total. The number of hydrogen-bond donors (Lipinski definition) is 2. The summed E-state index contributed by atoms with van der Waals surface area (Å²) in [6.45, 7) is 5.84. The number of carbonyl (C=O) groups is 1. The van der Waals surface area contributed by atoms with Gasteiger partial charge in [0.05, 0.1) is 32.6 Å². The first-order valence-corrected chi connectivity index (χ1v) is 15.5. The van der Waals surface area contributed by atoms with E-state index in [0.717, 1.165) is 52.3 Å². The van der Waals surface area contributed by atoms with E-state index in [0.29, 0.717) is 48.9 Å². The van der Waals surface area contributed by atoms with Crippen LogP contribution in [0.15, 0.2) is 78.9 Å². The molecule has 2 aromatic heterocycles. The number of aromatic nitrogens is 3. The van der Waals surface area contributed by atoms with Crippen molar-refractivity contribution in [2.75, 3.05) is 64.3 Å². The molecule has 10 heteroatoms. The number of rotatable bonds is 10. The average Bonchev–Trinajstić information content (AvgIpc) is 3.44. The SMILES string of the molecule is COc1ccc(Cn2nc(C(O)CN3CCOCC3)c3ccc(-c4cc(NC(=O)c5cccc(N(C)C)c5)ccc4C)nc32)cc1. The van der Waals surface area contributed by atoms with Gasteiger partial charge < -0.3 is 24.8 Å². The largest absolute Gasteiger partial charge is 0.497 e. The number of carbonyl (C=O) groups excluding carboxylic acids is 1. The van der Waals surface area contributed by atoms with Gasteiger partial charge in [0, 0.05) is 61.6 Å². The fourth-order valence-corrected chi connectivity index (χ4v) is 5.71. The Morgan fingerprint density at radius 2 is 1.83 bits per heavy atom. The Labute approximate surface area is 269 Å². The lowest BCUT2D eigenvalue weighted by Crippen LogP contribution is -2.38. The highest BCUT2D eigenvalue weighted by atomic mass is 16.5. The highest BCUT2D eigenvalue weighted by molar-refractivity contribution is 6.05. The van der Waals surface area contributed by atoms with Crippen molar-refractivity contribution in [1.82, 2.24) is 19.7 Å². The lowest BCUT2D eigenvalue weighted by molar-refractivity contribution is 0.0137. The molecule has 238 valence electrons. The van der Waals surface area contributed by atoms with Crippen molar-refractivity contribution >= 4 is 28.3 Å². The zero-order chi connectivity index (χ0) is 32.2. The Morgan fingerprint density at radius 1 is 1.04 bits per heavy atom. The van der Waals surface area contributed by atoms with Crippen LogP contribution < -0.4 is 15.0 Å². The smallest absolute Gasteiger partial charge is 0.255 e. The number of morpholine rings is 1. The molecular weight excluding hydrogens is 580 g/mol. The van der Waals surface area contributed by atoms with E-state index in [-0.39, 0.29) is 5.91 Å². The molecule has 1 amide bonds. The predicted octanol–water partition coefficient (Wildman–Crippen LogP) is 5.15. The van der Waals surface area contributed by atoms with Crippen LogP contribution in [-0.4, -0.2) is 84.7 Å². The monoisotopic (exact) mass is 620 g/mol. The van der Waals surface area contributed by atoms with Gasteiger partial charge in [-0.15, -0.1) is 0 Å². The van der Waals surface area contributed by atoms with Gasteiger partial charge in [0.25, 0.3) is 5.91 Å². The summed E-state index contributed by atoms with van der Waals surface area (Å²) in [7, 11) is 5.54. The summed E-state index contributed by atoms with van der Waals surface area (Å²) >= 11 is 0. The van der Waals surface area contributed by atoms with Crippen molar-refractivity contribution in [3.8, 4) is 17.0 Å². The molecule has 6 rings (SSSR count). The molecule has 3 heterocycles. The number of fused-ring (bicyclic) bond motifs is 1. The van der Waals surface area contributed by atoms with Crippen LogP contribution in [0, 0.1) is 6.92 Å². The van der Waals surface area contributed by atoms with Gasteiger partial charge >= 0.3 is 0 Å². The zero-order valence-corrected chi connectivity index (χ0v) is 26.7. The van der Waals surface area contributed by atoms with E-state index >= 15 is 0 Å². The predicted molar refractivity (Wildman–Crippen MR) is 181 cm³/mol. The number of aryl methyl sites for hydroxylation is 1.